The van der Waals surface area contributed by atoms with Gasteiger partial charge in [0, 0.05) is 5.56 Å². The third-order valence-corrected chi connectivity index (χ3v) is 7.04. The maximum Gasteiger partial charge on any atom is 0.412 e. The molecule has 1 aromatic rings. The Labute approximate surface area is 170 Å². The van der Waals surface area contributed by atoms with Crippen LogP contribution in [0.4, 0.5) is 22.0 Å². The van der Waals surface area contributed by atoms with E-state index in [1.807, 2.05) is 0 Å². The van der Waals surface area contributed by atoms with E-state index in [1.165, 1.54) is 44.6 Å². The van der Waals surface area contributed by atoms with Gasteiger partial charge in [0.15, 0.2) is 0 Å². The first-order valence-corrected chi connectivity index (χ1v) is 11.0. The molecule has 162 valence electrons. The summed E-state index contributed by atoms with van der Waals surface area (Å²) in [5.41, 5.74) is 0.153. The quantitative estimate of drug-likeness (QED) is 0.423. The molecule has 0 nitrogen and oxygen atoms in total. The number of hydrogen-bond acceptors (Lipinski definition) is 0. The zero-order valence-electron chi connectivity index (χ0n) is 17.1. The summed E-state index contributed by atoms with van der Waals surface area (Å²) < 4.78 is 64.9. The average Bonchev–Trinajstić information content (AvgIpc) is 2.67. The van der Waals surface area contributed by atoms with Crippen LogP contribution in [0, 0.1) is 23.6 Å². The van der Waals surface area contributed by atoms with Gasteiger partial charge in [-0.05, 0) is 79.9 Å². The number of allylic oxidation sites excluding steroid dienone is 1. The van der Waals surface area contributed by atoms with Crippen LogP contribution in [0.2, 0.25) is 0 Å². The largest absolute Gasteiger partial charge is 0.412 e. The highest BCUT2D eigenvalue weighted by molar-refractivity contribution is 5.60. The minimum absolute atomic E-state index is 0.209. The lowest BCUT2D eigenvalue weighted by atomic mass is 9.68. The van der Waals surface area contributed by atoms with Crippen LogP contribution in [-0.2, 0) is 0 Å². The van der Waals surface area contributed by atoms with Crippen molar-refractivity contribution in [2.45, 2.75) is 83.2 Å². The maximum absolute atomic E-state index is 14.2. The van der Waals surface area contributed by atoms with Crippen LogP contribution in [0.1, 0.15) is 88.2 Å². The van der Waals surface area contributed by atoms with E-state index in [0.29, 0.717) is 0 Å². The summed E-state index contributed by atoms with van der Waals surface area (Å²) in [5, 5.41) is 0. The van der Waals surface area contributed by atoms with Crippen LogP contribution in [0.25, 0.3) is 5.83 Å². The van der Waals surface area contributed by atoms with Crippen molar-refractivity contribution in [2.24, 2.45) is 17.8 Å². The van der Waals surface area contributed by atoms with E-state index >= 15 is 0 Å². The van der Waals surface area contributed by atoms with Gasteiger partial charge in [-0.2, -0.15) is 13.2 Å². The molecular formula is C24H31F5. The van der Waals surface area contributed by atoms with Crippen molar-refractivity contribution < 1.29 is 22.0 Å². The van der Waals surface area contributed by atoms with Crippen molar-refractivity contribution in [3.05, 3.63) is 41.2 Å². The molecule has 0 saturated heterocycles. The zero-order chi connectivity index (χ0) is 21.0. The lowest BCUT2D eigenvalue weighted by Crippen LogP contribution is -2.25. The SMILES string of the molecule is CCCC1CCC(C2CCC(c3ccc(C(F)=CC(F)(F)F)c(F)c3)CC2)CC1. The Morgan fingerprint density at radius 2 is 1.55 bits per heavy atom. The molecule has 1 aromatic carbocycles. The average molecular weight is 415 g/mol. The number of benzene rings is 1. The Bertz CT molecular complexity index is 690. The molecule has 0 amide bonds. The standard InChI is InChI=1S/C24H31F5/c1-2-3-16-4-6-17(7-5-16)18-8-10-19(11-9-18)20-12-13-21(22(25)14-20)23(26)15-24(27,28)29/h12-19H,2-11H2,1H3. The van der Waals surface area contributed by atoms with Gasteiger partial charge in [0.2, 0.25) is 0 Å². The van der Waals surface area contributed by atoms with Gasteiger partial charge in [-0.25, -0.2) is 8.78 Å². The van der Waals surface area contributed by atoms with E-state index in [4.69, 9.17) is 0 Å². The van der Waals surface area contributed by atoms with Gasteiger partial charge in [-0.3, -0.25) is 0 Å². The predicted octanol–water partition coefficient (Wildman–Crippen LogP) is 8.58. The Morgan fingerprint density at radius 3 is 2.07 bits per heavy atom. The summed E-state index contributed by atoms with van der Waals surface area (Å²) in [6, 6.07) is 3.95. The Kier molecular flexibility index (Phi) is 7.39. The smallest absolute Gasteiger partial charge is 0.206 e. The minimum Gasteiger partial charge on any atom is -0.206 e. The molecule has 3 rings (SSSR count). The molecule has 2 aliphatic carbocycles. The molecule has 0 bridgehead atoms. The molecule has 0 aliphatic heterocycles. The van der Waals surface area contributed by atoms with Crippen molar-refractivity contribution in [2.75, 3.05) is 0 Å². The molecule has 29 heavy (non-hydrogen) atoms. The normalized spacial score (nSPS) is 29.1. The van der Waals surface area contributed by atoms with Crippen molar-refractivity contribution in [3.8, 4) is 0 Å². The van der Waals surface area contributed by atoms with Crippen LogP contribution >= 0.6 is 0 Å². The molecule has 2 saturated carbocycles. The molecule has 0 radical (unpaired) electrons. The molecule has 0 spiro atoms. The van der Waals surface area contributed by atoms with E-state index in [2.05, 4.69) is 6.92 Å². The van der Waals surface area contributed by atoms with Crippen molar-refractivity contribution in [3.63, 3.8) is 0 Å². The molecule has 2 aliphatic rings. The first-order valence-electron chi connectivity index (χ1n) is 11.0. The third-order valence-electron chi connectivity index (χ3n) is 7.04. The highest BCUT2D eigenvalue weighted by Gasteiger charge is 2.31. The lowest BCUT2D eigenvalue weighted by Gasteiger charge is -2.38. The molecule has 0 heterocycles. The Morgan fingerprint density at radius 1 is 0.966 bits per heavy atom. The second-order valence-corrected chi connectivity index (χ2v) is 8.95. The fraction of sp³-hybridized carbons (Fsp3) is 0.667. The highest BCUT2D eigenvalue weighted by Crippen LogP contribution is 2.44. The number of halogens is 5. The summed E-state index contributed by atoms with van der Waals surface area (Å²) in [6.45, 7) is 2.25. The fourth-order valence-electron chi connectivity index (χ4n) is 5.48. The van der Waals surface area contributed by atoms with Gasteiger partial charge in [-0.15, -0.1) is 0 Å². The van der Waals surface area contributed by atoms with Crippen LogP contribution in [0.3, 0.4) is 0 Å². The topological polar surface area (TPSA) is 0 Å². The minimum atomic E-state index is -4.80. The van der Waals surface area contributed by atoms with Gasteiger partial charge in [0.1, 0.15) is 11.6 Å². The first-order chi connectivity index (χ1) is 13.8. The lowest BCUT2D eigenvalue weighted by molar-refractivity contribution is -0.0798. The molecule has 0 N–H and O–H groups in total. The summed E-state index contributed by atoms with van der Waals surface area (Å²) in [5.74, 6) is 0.164. The Balaban J connectivity index is 1.56. The Hall–Kier alpha value is -1.39. The van der Waals surface area contributed by atoms with Crippen LogP contribution in [-0.4, -0.2) is 6.18 Å². The van der Waals surface area contributed by atoms with E-state index in [9.17, 15) is 22.0 Å². The first kappa shape index (κ1) is 22.3. The monoisotopic (exact) mass is 414 g/mol. The molecule has 0 aromatic heterocycles. The second-order valence-electron chi connectivity index (χ2n) is 8.95. The number of alkyl halides is 3. The van der Waals surface area contributed by atoms with Crippen molar-refractivity contribution in [1.82, 2.24) is 0 Å². The van der Waals surface area contributed by atoms with E-state index in [0.717, 1.165) is 55.1 Å². The summed E-state index contributed by atoms with van der Waals surface area (Å²) in [7, 11) is 0. The van der Waals surface area contributed by atoms with Crippen LogP contribution in [0.15, 0.2) is 24.3 Å². The summed E-state index contributed by atoms with van der Waals surface area (Å²) in [4.78, 5) is 0. The molecule has 2 fully saturated rings. The highest BCUT2D eigenvalue weighted by atomic mass is 19.4. The van der Waals surface area contributed by atoms with Gasteiger partial charge in [0.05, 0.1) is 6.08 Å². The van der Waals surface area contributed by atoms with E-state index in [-0.39, 0.29) is 5.92 Å². The molecular weight excluding hydrogens is 383 g/mol. The van der Waals surface area contributed by atoms with Gasteiger partial charge >= 0.3 is 6.18 Å². The van der Waals surface area contributed by atoms with E-state index < -0.39 is 29.5 Å². The summed E-state index contributed by atoms with van der Waals surface area (Å²) >= 11 is 0. The van der Waals surface area contributed by atoms with Gasteiger partial charge in [-0.1, -0.05) is 38.7 Å². The van der Waals surface area contributed by atoms with Crippen LogP contribution in [0.5, 0.6) is 0 Å². The van der Waals surface area contributed by atoms with Gasteiger partial charge in [0.25, 0.3) is 0 Å². The summed E-state index contributed by atoms with van der Waals surface area (Å²) in [6.07, 6.45) is 6.87. The zero-order valence-corrected chi connectivity index (χ0v) is 17.1. The third kappa shape index (κ3) is 6.05. The fourth-order valence-corrected chi connectivity index (χ4v) is 5.48. The number of rotatable bonds is 5. The van der Waals surface area contributed by atoms with Crippen molar-refractivity contribution in [1.29, 1.82) is 0 Å². The molecule has 0 atom stereocenters. The van der Waals surface area contributed by atoms with Crippen molar-refractivity contribution >= 4 is 5.83 Å². The predicted molar refractivity (Wildman–Crippen MR) is 107 cm³/mol. The number of hydrogen-bond donors (Lipinski definition) is 0. The molecule has 5 heteroatoms. The second kappa shape index (κ2) is 9.61. The van der Waals surface area contributed by atoms with Gasteiger partial charge < -0.3 is 0 Å². The van der Waals surface area contributed by atoms with E-state index in [1.54, 1.807) is 6.07 Å². The molecule has 0 unspecified atom stereocenters. The van der Waals surface area contributed by atoms with Crippen LogP contribution < -0.4 is 0 Å². The maximum atomic E-state index is 14.2.